The highest BCUT2D eigenvalue weighted by atomic mass is 31.2. The van der Waals surface area contributed by atoms with Gasteiger partial charge in [-0.1, -0.05) is 395 Å². The van der Waals surface area contributed by atoms with E-state index in [0.717, 1.165) is 128 Å². The van der Waals surface area contributed by atoms with Crippen molar-refractivity contribution in [2.24, 2.45) is 11.8 Å². The number of ether oxygens (including phenoxy) is 8. The van der Waals surface area contributed by atoms with E-state index >= 15 is 0 Å². The molecule has 0 amide bonds. The molecule has 0 spiro atoms. The van der Waals surface area contributed by atoms with Gasteiger partial charge in [-0.3, -0.25) is 28.2 Å². The first-order chi connectivity index (χ1) is 59.0. The van der Waals surface area contributed by atoms with Crippen LogP contribution in [0.25, 0.3) is 0 Å². The Morgan fingerprint density at radius 3 is 0.975 bits per heavy atom. The van der Waals surface area contributed by atoms with E-state index in [0.29, 0.717) is 43.9 Å². The first-order valence-corrected chi connectivity index (χ1v) is 51.5. The molecule has 25 nitrogen and oxygen atoms in total. The van der Waals surface area contributed by atoms with Gasteiger partial charge in [-0.2, -0.15) is 0 Å². The average molecular weight is 1770 g/mol. The molecule has 26 heteroatoms. The molecule has 20 atom stereocenters. The normalized spacial score (nSPS) is 25.0. The molecule has 2 saturated heterocycles. The van der Waals surface area contributed by atoms with Crippen LogP contribution in [0, 0.1) is 11.8 Å². The molecule has 122 heavy (non-hydrogen) atoms. The second-order valence-electron chi connectivity index (χ2n) is 36.6. The molecule has 1 saturated carbocycles. The van der Waals surface area contributed by atoms with Gasteiger partial charge in [0, 0.05) is 25.7 Å². The van der Waals surface area contributed by atoms with Crippen molar-refractivity contribution in [3.05, 3.63) is 0 Å². The maximum Gasteiger partial charge on any atom is 0.472 e. The van der Waals surface area contributed by atoms with Gasteiger partial charge in [0.25, 0.3) is 0 Å². The van der Waals surface area contributed by atoms with E-state index < -0.39 is 162 Å². The van der Waals surface area contributed by atoms with Gasteiger partial charge in [-0.05, 0) is 37.5 Å². The summed E-state index contributed by atoms with van der Waals surface area (Å²) in [4.78, 5) is 66.8. The van der Waals surface area contributed by atoms with Crippen LogP contribution in [-0.4, -0.2) is 205 Å². The van der Waals surface area contributed by atoms with Crippen LogP contribution in [0.1, 0.15) is 446 Å². The van der Waals surface area contributed by atoms with E-state index in [9.17, 15) is 74.6 Å². The maximum atomic E-state index is 15.0. The van der Waals surface area contributed by atoms with Gasteiger partial charge in [0.15, 0.2) is 24.8 Å². The van der Waals surface area contributed by atoms with Crippen LogP contribution in [0.2, 0.25) is 0 Å². The van der Waals surface area contributed by atoms with Crippen LogP contribution in [0.4, 0.5) is 0 Å². The van der Waals surface area contributed by atoms with E-state index in [1.807, 2.05) is 0 Å². The van der Waals surface area contributed by atoms with Crippen LogP contribution in [0.5, 0.6) is 0 Å². The molecule has 720 valence electrons. The number of phosphoric ester groups is 1. The number of esters is 4. The number of phosphoric acid groups is 1. The lowest BCUT2D eigenvalue weighted by molar-refractivity contribution is -0.360. The number of hydrogen-bond acceptors (Lipinski definition) is 24. The third-order valence-corrected chi connectivity index (χ3v) is 26.1. The Hall–Kier alpha value is -2.53. The number of carbonyl (C=O) groups excluding carboxylic acids is 4. The summed E-state index contributed by atoms with van der Waals surface area (Å²) in [5.41, 5.74) is 0. The summed E-state index contributed by atoms with van der Waals surface area (Å²) in [6.45, 7) is 10.3. The molecule has 0 bridgehead atoms. The highest BCUT2D eigenvalue weighted by Crippen LogP contribution is 2.49. The SMILES string of the molecule is CCCCCCCCCCCCCCCCCCC(=O)OCC(COP(=O)(O)OC1C(OC2OC(CO)C(O)C(O)C2O)C(O)C(O)C(OC(=O)CCCCCCCCC(C)CCCCCCCC)C1OC1OC(COC(=O)CCCCCCCCCCCCCCCCC)C(O)C(O)C1O)OC(=O)CCCCCCCCC(C)CCCCCCCC. The fraction of sp³-hybridized carbons (Fsp3) is 0.958. The van der Waals surface area contributed by atoms with Gasteiger partial charge in [-0.25, -0.2) is 4.57 Å². The third kappa shape index (κ3) is 53.0. The highest BCUT2D eigenvalue weighted by Gasteiger charge is 2.60. The number of aliphatic hydroxyl groups excluding tert-OH is 9. The molecule has 2 aliphatic heterocycles. The minimum atomic E-state index is -5.81. The van der Waals surface area contributed by atoms with Crippen molar-refractivity contribution in [1.82, 2.24) is 0 Å². The Morgan fingerprint density at radius 2 is 0.615 bits per heavy atom. The molecule has 0 aromatic heterocycles. The number of carbonyl (C=O) groups is 4. The monoisotopic (exact) mass is 1770 g/mol. The van der Waals surface area contributed by atoms with Gasteiger partial charge in [0.05, 0.1) is 13.2 Å². The number of hydrogen-bond donors (Lipinski definition) is 10. The Labute approximate surface area is 738 Å². The van der Waals surface area contributed by atoms with Gasteiger partial charge >= 0.3 is 31.7 Å². The third-order valence-electron chi connectivity index (χ3n) is 25.2. The summed E-state index contributed by atoms with van der Waals surface area (Å²) >= 11 is 0. The Morgan fingerprint density at radius 1 is 0.320 bits per heavy atom. The summed E-state index contributed by atoms with van der Waals surface area (Å²) < 4.78 is 73.8. The van der Waals surface area contributed by atoms with Crippen LogP contribution in [0.15, 0.2) is 0 Å². The molecule has 20 unspecified atom stereocenters. The highest BCUT2D eigenvalue weighted by molar-refractivity contribution is 7.47. The molecule has 0 aromatic carbocycles. The standard InChI is InChI=1S/C96H181O25P/c1-7-11-15-19-23-25-27-29-31-33-35-36-38-40-50-58-66-79(98)112-71-76(115-81(100)68-60-52-44-42-48-56-64-74(5)62-54-46-21-17-13-9-3)72-114-122(110,111)121-94-92(119-95-89(108)85(104)83(102)77(70-97)116-95)88(107)87(106)91(118-82(101)69-61-53-45-43-49-57-65-75(6)63-55-47-22-18-14-10-4)93(94)120-96-90(109)86(105)84(103)78(117-96)73-113-80(99)67-59-51-41-39-37-34-32-30-28-26-24-20-16-12-8-2/h74-78,83-97,102-109H,7-73H2,1-6H3,(H,110,111). The Kier molecular flexibility index (Phi) is 68.2. The van der Waals surface area contributed by atoms with E-state index in [2.05, 4.69) is 41.5 Å². The fourth-order valence-electron chi connectivity index (χ4n) is 17.0. The van der Waals surface area contributed by atoms with Crippen LogP contribution < -0.4 is 0 Å². The zero-order valence-electron chi connectivity index (χ0n) is 77.4. The lowest BCUT2D eigenvalue weighted by Crippen LogP contribution is -2.70. The molecular formula is C96H181O25P. The summed E-state index contributed by atoms with van der Waals surface area (Å²) in [7, 11) is -5.81. The van der Waals surface area contributed by atoms with Gasteiger partial charge in [-0.15, -0.1) is 0 Å². The molecule has 3 aliphatic rings. The Balaban J connectivity index is 1.91. The quantitative estimate of drug-likeness (QED) is 0.0117. The van der Waals surface area contributed by atoms with E-state index in [-0.39, 0.29) is 25.7 Å². The van der Waals surface area contributed by atoms with Crippen LogP contribution in [0.3, 0.4) is 0 Å². The summed E-state index contributed by atoms with van der Waals surface area (Å²) in [6.07, 6.45) is 29.3. The lowest BCUT2D eigenvalue weighted by Gasteiger charge is -2.50. The molecule has 3 rings (SSSR count). The molecule has 0 radical (unpaired) electrons. The van der Waals surface area contributed by atoms with Crippen LogP contribution in [-0.2, 0) is 70.7 Å². The van der Waals surface area contributed by atoms with E-state index in [1.54, 1.807) is 0 Å². The average Bonchev–Trinajstić information content (AvgIpc) is 0.753. The van der Waals surface area contributed by atoms with E-state index in [1.165, 1.54) is 218 Å². The largest absolute Gasteiger partial charge is 0.472 e. The minimum Gasteiger partial charge on any atom is -0.463 e. The van der Waals surface area contributed by atoms with Crippen molar-refractivity contribution in [3.63, 3.8) is 0 Å². The van der Waals surface area contributed by atoms with E-state index in [4.69, 9.17) is 46.9 Å². The van der Waals surface area contributed by atoms with Crippen molar-refractivity contribution in [2.45, 2.75) is 550 Å². The second kappa shape index (κ2) is 73.2. The number of unbranched alkanes of at least 4 members (excludes halogenated alkanes) is 49. The van der Waals surface area contributed by atoms with Crippen LogP contribution >= 0.6 is 7.82 Å². The predicted molar refractivity (Wildman–Crippen MR) is 476 cm³/mol. The van der Waals surface area contributed by atoms with Crippen molar-refractivity contribution in [2.75, 3.05) is 26.4 Å². The topological polar surface area (TPSA) is 380 Å². The van der Waals surface area contributed by atoms with Gasteiger partial charge < -0.3 is 88.7 Å². The predicted octanol–water partition coefficient (Wildman–Crippen LogP) is 19.4. The first kappa shape index (κ1) is 114. The zero-order chi connectivity index (χ0) is 89.2. The fourth-order valence-corrected chi connectivity index (χ4v) is 18.0. The maximum absolute atomic E-state index is 15.0. The molecular weight excluding hydrogens is 1580 g/mol. The number of aliphatic hydroxyl groups is 9. The molecule has 2 heterocycles. The Bertz CT molecular complexity index is 2560. The summed E-state index contributed by atoms with van der Waals surface area (Å²) in [5.74, 6) is -1.64. The second-order valence-corrected chi connectivity index (χ2v) is 38.0. The summed E-state index contributed by atoms with van der Waals surface area (Å²) in [5, 5.41) is 103. The zero-order valence-corrected chi connectivity index (χ0v) is 78.3. The summed E-state index contributed by atoms with van der Waals surface area (Å²) in [6, 6.07) is 0. The molecule has 1 aliphatic carbocycles. The smallest absolute Gasteiger partial charge is 0.463 e. The molecule has 10 N–H and O–H groups in total. The van der Waals surface area contributed by atoms with Crippen molar-refractivity contribution < 1.29 is 122 Å². The van der Waals surface area contributed by atoms with Gasteiger partial charge in [0.2, 0.25) is 0 Å². The van der Waals surface area contributed by atoms with Crippen molar-refractivity contribution >= 4 is 31.7 Å². The van der Waals surface area contributed by atoms with Crippen molar-refractivity contribution in [1.29, 1.82) is 0 Å². The van der Waals surface area contributed by atoms with Gasteiger partial charge in [0.1, 0.15) is 92.6 Å². The first-order valence-electron chi connectivity index (χ1n) is 50.1. The number of rotatable bonds is 81. The molecule has 0 aromatic rings. The molecule has 3 fully saturated rings. The lowest BCUT2D eigenvalue weighted by atomic mass is 9.84. The van der Waals surface area contributed by atoms with Crippen molar-refractivity contribution in [3.8, 4) is 0 Å². The minimum absolute atomic E-state index is 0.0193.